The van der Waals surface area contributed by atoms with E-state index in [1.807, 2.05) is 31.3 Å². The molecule has 1 saturated heterocycles. The molecule has 4 nitrogen and oxygen atoms in total. The number of anilines is 2. The second-order valence-corrected chi connectivity index (χ2v) is 7.48. The number of carbonyl (C=O) groups excluding carboxylic acids is 1. The highest BCUT2D eigenvalue weighted by Crippen LogP contribution is 2.28. The largest absolute Gasteiger partial charge is 0.370 e. The van der Waals surface area contributed by atoms with Crippen molar-refractivity contribution in [3.63, 3.8) is 0 Å². The van der Waals surface area contributed by atoms with Crippen molar-refractivity contribution >= 4 is 17.3 Å². The Labute approximate surface area is 156 Å². The second kappa shape index (κ2) is 8.35. The van der Waals surface area contributed by atoms with Crippen LogP contribution in [0.15, 0.2) is 36.7 Å². The zero-order chi connectivity index (χ0) is 18.5. The monoisotopic (exact) mass is 351 g/mol. The second-order valence-electron chi connectivity index (χ2n) is 7.48. The van der Waals surface area contributed by atoms with E-state index in [0.717, 1.165) is 35.6 Å². The predicted molar refractivity (Wildman–Crippen MR) is 108 cm³/mol. The highest BCUT2D eigenvalue weighted by atomic mass is 16.1. The van der Waals surface area contributed by atoms with Crippen LogP contribution < -0.4 is 10.2 Å². The summed E-state index contributed by atoms with van der Waals surface area (Å²) < 4.78 is 0. The van der Waals surface area contributed by atoms with E-state index in [0.29, 0.717) is 11.5 Å². The maximum Gasteiger partial charge on any atom is 0.257 e. The molecule has 0 spiro atoms. The van der Waals surface area contributed by atoms with Crippen LogP contribution in [0.5, 0.6) is 0 Å². The van der Waals surface area contributed by atoms with E-state index in [-0.39, 0.29) is 5.91 Å². The fourth-order valence-electron chi connectivity index (χ4n) is 3.58. The van der Waals surface area contributed by atoms with Crippen LogP contribution in [0.1, 0.15) is 66.9 Å². The summed E-state index contributed by atoms with van der Waals surface area (Å²) in [5.74, 6) is 0.261. The number of amides is 1. The molecule has 26 heavy (non-hydrogen) atoms. The van der Waals surface area contributed by atoms with Crippen LogP contribution >= 0.6 is 0 Å². The minimum absolute atomic E-state index is 0.0922. The van der Waals surface area contributed by atoms with Crippen LogP contribution in [0.4, 0.5) is 11.4 Å². The quantitative estimate of drug-likeness (QED) is 0.829. The number of benzene rings is 1. The third kappa shape index (κ3) is 4.24. The Morgan fingerprint density at radius 2 is 1.85 bits per heavy atom. The summed E-state index contributed by atoms with van der Waals surface area (Å²) >= 11 is 0. The molecule has 1 aliphatic rings. The Kier molecular flexibility index (Phi) is 5.92. The molecule has 0 aliphatic carbocycles. The lowest BCUT2D eigenvalue weighted by Crippen LogP contribution is -2.24. The van der Waals surface area contributed by atoms with Crippen molar-refractivity contribution in [2.24, 2.45) is 0 Å². The SMILES string of the molecule is Cc1cccc(C(C)C)c1NC(=O)c1cncc(N2CCCCCC2)c1. The van der Waals surface area contributed by atoms with Gasteiger partial charge in [-0.1, -0.05) is 44.9 Å². The Hall–Kier alpha value is -2.36. The van der Waals surface area contributed by atoms with Gasteiger partial charge in [-0.05, 0) is 42.9 Å². The highest BCUT2D eigenvalue weighted by Gasteiger charge is 2.16. The summed E-state index contributed by atoms with van der Waals surface area (Å²) in [4.78, 5) is 19.6. The lowest BCUT2D eigenvalue weighted by Gasteiger charge is -2.22. The number of carbonyl (C=O) groups is 1. The molecule has 1 aromatic heterocycles. The minimum atomic E-state index is -0.0922. The molecule has 3 rings (SSSR count). The first-order chi connectivity index (χ1) is 12.6. The summed E-state index contributed by atoms with van der Waals surface area (Å²) in [6.07, 6.45) is 8.51. The highest BCUT2D eigenvalue weighted by molar-refractivity contribution is 6.05. The summed E-state index contributed by atoms with van der Waals surface area (Å²) in [5.41, 5.74) is 4.84. The van der Waals surface area contributed by atoms with Gasteiger partial charge in [0.1, 0.15) is 0 Å². The number of pyridine rings is 1. The van der Waals surface area contributed by atoms with Gasteiger partial charge in [-0.3, -0.25) is 9.78 Å². The fraction of sp³-hybridized carbons (Fsp3) is 0.455. The molecular formula is C22H29N3O. The Morgan fingerprint density at radius 1 is 1.12 bits per heavy atom. The number of hydrogen-bond donors (Lipinski definition) is 1. The van der Waals surface area contributed by atoms with Gasteiger partial charge < -0.3 is 10.2 Å². The van der Waals surface area contributed by atoms with Gasteiger partial charge in [0.25, 0.3) is 5.91 Å². The van der Waals surface area contributed by atoms with Crippen molar-refractivity contribution in [2.45, 2.75) is 52.4 Å². The standard InChI is InChI=1S/C22H29N3O/c1-16(2)20-10-8-9-17(3)21(20)24-22(26)18-13-19(15-23-14-18)25-11-6-4-5-7-12-25/h8-10,13-16H,4-7,11-12H2,1-3H3,(H,24,26). The van der Waals surface area contributed by atoms with E-state index < -0.39 is 0 Å². The zero-order valence-corrected chi connectivity index (χ0v) is 16.1. The van der Waals surface area contributed by atoms with Gasteiger partial charge >= 0.3 is 0 Å². The first-order valence-corrected chi connectivity index (χ1v) is 9.67. The third-order valence-corrected chi connectivity index (χ3v) is 5.12. The summed E-state index contributed by atoms with van der Waals surface area (Å²) in [6, 6.07) is 8.13. The van der Waals surface area contributed by atoms with E-state index in [1.54, 1.807) is 6.20 Å². The average molecular weight is 351 g/mol. The molecule has 0 radical (unpaired) electrons. The Balaban J connectivity index is 1.82. The van der Waals surface area contributed by atoms with Gasteiger partial charge in [0, 0.05) is 25.0 Å². The first-order valence-electron chi connectivity index (χ1n) is 9.67. The summed E-state index contributed by atoms with van der Waals surface area (Å²) in [6.45, 7) is 8.41. The third-order valence-electron chi connectivity index (χ3n) is 5.12. The van der Waals surface area contributed by atoms with Gasteiger partial charge in [0.15, 0.2) is 0 Å². The van der Waals surface area contributed by atoms with Crippen LogP contribution in [-0.4, -0.2) is 24.0 Å². The van der Waals surface area contributed by atoms with Crippen molar-refractivity contribution < 1.29 is 4.79 Å². The average Bonchev–Trinajstić information content (AvgIpc) is 2.92. The van der Waals surface area contributed by atoms with Crippen LogP contribution in [0.2, 0.25) is 0 Å². The summed E-state index contributed by atoms with van der Waals surface area (Å²) in [5, 5.41) is 3.12. The molecule has 0 saturated carbocycles. The van der Waals surface area contributed by atoms with Crippen molar-refractivity contribution in [3.8, 4) is 0 Å². The van der Waals surface area contributed by atoms with E-state index in [4.69, 9.17) is 0 Å². The molecular weight excluding hydrogens is 322 g/mol. The molecule has 1 aromatic carbocycles. The van der Waals surface area contributed by atoms with Gasteiger partial charge in [-0.15, -0.1) is 0 Å². The topological polar surface area (TPSA) is 45.2 Å². The Bertz CT molecular complexity index is 762. The van der Waals surface area contributed by atoms with E-state index >= 15 is 0 Å². The lowest BCUT2D eigenvalue weighted by molar-refractivity contribution is 0.102. The maximum atomic E-state index is 12.9. The lowest BCUT2D eigenvalue weighted by atomic mass is 9.98. The molecule has 1 aliphatic heterocycles. The molecule has 138 valence electrons. The molecule has 1 fully saturated rings. The van der Waals surface area contributed by atoms with E-state index in [9.17, 15) is 4.79 Å². The van der Waals surface area contributed by atoms with E-state index in [1.165, 1.54) is 25.7 Å². The van der Waals surface area contributed by atoms with E-state index in [2.05, 4.69) is 35.1 Å². The number of nitrogens with zero attached hydrogens (tertiary/aromatic N) is 2. The molecule has 0 atom stereocenters. The number of aryl methyl sites for hydroxylation is 1. The maximum absolute atomic E-state index is 12.9. The number of aromatic nitrogens is 1. The fourth-order valence-corrected chi connectivity index (χ4v) is 3.58. The van der Waals surface area contributed by atoms with Crippen molar-refractivity contribution in [3.05, 3.63) is 53.3 Å². The number of hydrogen-bond acceptors (Lipinski definition) is 3. The number of para-hydroxylation sites is 1. The normalized spacial score (nSPS) is 15.0. The molecule has 1 N–H and O–H groups in total. The summed E-state index contributed by atoms with van der Waals surface area (Å²) in [7, 11) is 0. The molecule has 2 heterocycles. The van der Waals surface area contributed by atoms with Crippen LogP contribution in [0, 0.1) is 6.92 Å². The minimum Gasteiger partial charge on any atom is -0.370 e. The molecule has 2 aromatic rings. The Morgan fingerprint density at radius 3 is 2.54 bits per heavy atom. The van der Waals surface area contributed by atoms with Crippen molar-refractivity contribution in [1.82, 2.24) is 4.98 Å². The smallest absolute Gasteiger partial charge is 0.257 e. The predicted octanol–water partition coefficient (Wildman–Crippen LogP) is 5.15. The van der Waals surface area contributed by atoms with Crippen LogP contribution in [-0.2, 0) is 0 Å². The number of rotatable bonds is 4. The van der Waals surface area contributed by atoms with Crippen LogP contribution in [0.3, 0.4) is 0 Å². The van der Waals surface area contributed by atoms with Gasteiger partial charge in [0.2, 0.25) is 0 Å². The van der Waals surface area contributed by atoms with Gasteiger partial charge in [0.05, 0.1) is 17.4 Å². The molecule has 0 bridgehead atoms. The first kappa shape index (κ1) is 18.4. The van der Waals surface area contributed by atoms with Crippen molar-refractivity contribution in [1.29, 1.82) is 0 Å². The van der Waals surface area contributed by atoms with Gasteiger partial charge in [-0.25, -0.2) is 0 Å². The number of nitrogens with one attached hydrogen (secondary N) is 1. The zero-order valence-electron chi connectivity index (χ0n) is 16.1. The molecule has 1 amide bonds. The van der Waals surface area contributed by atoms with Gasteiger partial charge in [-0.2, -0.15) is 0 Å². The van der Waals surface area contributed by atoms with Crippen molar-refractivity contribution in [2.75, 3.05) is 23.3 Å². The molecule has 0 unspecified atom stereocenters. The molecule has 4 heteroatoms. The van der Waals surface area contributed by atoms with Crippen LogP contribution in [0.25, 0.3) is 0 Å².